The molecule has 0 aromatic heterocycles. The molecule has 0 radical (unpaired) electrons. The maximum Gasteiger partial charge on any atom is 0.415 e. The Balaban J connectivity index is 2.46. The Kier molecular flexibility index (Phi) is 2.75. The second-order valence-electron chi connectivity index (χ2n) is 4.03. The fraction of sp³-hybridized carbons (Fsp3) is 0.333. The van der Waals surface area contributed by atoms with Crippen molar-refractivity contribution in [1.29, 1.82) is 0 Å². The minimum absolute atomic E-state index is 0.578. The first-order valence-electron chi connectivity index (χ1n) is 5.30. The van der Waals surface area contributed by atoms with E-state index in [2.05, 4.69) is 0 Å². The lowest BCUT2D eigenvalue weighted by Crippen LogP contribution is -2.42. The molecule has 1 aliphatic rings. The number of carboxylic acid groups (broad SMARTS) is 1. The monoisotopic (exact) mass is 235 g/mol. The van der Waals surface area contributed by atoms with Crippen molar-refractivity contribution >= 4 is 17.7 Å². The van der Waals surface area contributed by atoms with Crippen LogP contribution in [0.25, 0.3) is 0 Å². The van der Waals surface area contributed by atoms with Crippen LogP contribution in [0.1, 0.15) is 12.5 Å². The molecular weight excluding hydrogens is 222 g/mol. The first-order chi connectivity index (χ1) is 8.02. The van der Waals surface area contributed by atoms with Gasteiger partial charge in [0, 0.05) is 0 Å². The van der Waals surface area contributed by atoms with Crippen molar-refractivity contribution in [2.24, 2.45) is 0 Å². The Labute approximate surface area is 98.6 Å². The molecule has 0 bridgehead atoms. The molecule has 1 aromatic carbocycles. The zero-order valence-electron chi connectivity index (χ0n) is 9.58. The molecule has 1 aliphatic heterocycles. The number of aryl methyl sites for hydroxylation is 1. The third-order valence-corrected chi connectivity index (χ3v) is 2.83. The zero-order chi connectivity index (χ0) is 12.6. The van der Waals surface area contributed by atoms with Gasteiger partial charge in [0.2, 0.25) is 0 Å². The molecular formula is C12H13NO4. The maximum absolute atomic E-state index is 11.7. The van der Waals surface area contributed by atoms with Gasteiger partial charge in [0.15, 0.2) is 6.04 Å². The SMILES string of the molecule is Cc1ccccc1N1C(=O)OC(C)C1C(=O)O. The number of ether oxygens (including phenoxy) is 1. The summed E-state index contributed by atoms with van der Waals surface area (Å²) in [7, 11) is 0. The van der Waals surface area contributed by atoms with Crippen molar-refractivity contribution in [3.8, 4) is 0 Å². The van der Waals surface area contributed by atoms with Gasteiger partial charge in [-0.05, 0) is 25.5 Å². The van der Waals surface area contributed by atoms with Crippen LogP contribution in [0.5, 0.6) is 0 Å². The molecule has 2 rings (SSSR count). The van der Waals surface area contributed by atoms with Crippen molar-refractivity contribution < 1.29 is 19.4 Å². The van der Waals surface area contributed by atoms with Crippen molar-refractivity contribution in [1.82, 2.24) is 0 Å². The lowest BCUT2D eigenvalue weighted by molar-refractivity contribution is -0.139. The number of aliphatic carboxylic acids is 1. The molecule has 1 saturated heterocycles. The number of carbonyl (C=O) groups is 2. The third-order valence-electron chi connectivity index (χ3n) is 2.83. The number of amides is 1. The quantitative estimate of drug-likeness (QED) is 0.848. The van der Waals surface area contributed by atoms with Gasteiger partial charge in [-0.2, -0.15) is 0 Å². The minimum Gasteiger partial charge on any atom is -0.480 e. The smallest absolute Gasteiger partial charge is 0.415 e. The molecule has 0 aliphatic carbocycles. The molecule has 5 heteroatoms. The number of carbonyl (C=O) groups excluding carboxylic acids is 1. The van der Waals surface area contributed by atoms with Crippen LogP contribution >= 0.6 is 0 Å². The highest BCUT2D eigenvalue weighted by molar-refractivity contribution is 5.98. The number of hydrogen-bond donors (Lipinski definition) is 1. The van der Waals surface area contributed by atoms with Gasteiger partial charge in [-0.3, -0.25) is 4.90 Å². The molecule has 0 spiro atoms. The van der Waals surface area contributed by atoms with Gasteiger partial charge in [-0.15, -0.1) is 0 Å². The standard InChI is InChI=1S/C12H13NO4/c1-7-5-3-4-6-9(7)13-10(11(14)15)8(2)17-12(13)16/h3-6,8,10H,1-2H3,(H,14,15). The van der Waals surface area contributed by atoms with Gasteiger partial charge in [-0.1, -0.05) is 18.2 Å². The van der Waals surface area contributed by atoms with E-state index in [-0.39, 0.29) is 0 Å². The van der Waals surface area contributed by atoms with Crippen LogP contribution in [0.15, 0.2) is 24.3 Å². The van der Waals surface area contributed by atoms with E-state index in [0.29, 0.717) is 5.69 Å². The molecule has 0 saturated carbocycles. The number of cyclic esters (lactones) is 1. The van der Waals surface area contributed by atoms with Crippen molar-refractivity contribution in [3.05, 3.63) is 29.8 Å². The summed E-state index contributed by atoms with van der Waals surface area (Å²) in [5.41, 5.74) is 1.42. The summed E-state index contributed by atoms with van der Waals surface area (Å²) in [5.74, 6) is -1.06. The second kappa shape index (κ2) is 4.08. The number of anilines is 1. The lowest BCUT2D eigenvalue weighted by atomic mass is 10.1. The Hall–Kier alpha value is -2.04. The number of benzene rings is 1. The highest BCUT2D eigenvalue weighted by Crippen LogP contribution is 2.29. The summed E-state index contributed by atoms with van der Waals surface area (Å²) in [5, 5.41) is 9.15. The van der Waals surface area contributed by atoms with Crippen LogP contribution in [0, 0.1) is 6.92 Å². The van der Waals surface area contributed by atoms with Crippen LogP contribution in [-0.4, -0.2) is 29.3 Å². The van der Waals surface area contributed by atoms with E-state index in [1.54, 1.807) is 19.1 Å². The molecule has 17 heavy (non-hydrogen) atoms. The first-order valence-corrected chi connectivity index (χ1v) is 5.30. The van der Waals surface area contributed by atoms with Crippen molar-refractivity contribution in [2.75, 3.05) is 4.90 Å². The molecule has 2 unspecified atom stereocenters. The van der Waals surface area contributed by atoms with Gasteiger partial charge < -0.3 is 9.84 Å². The van der Waals surface area contributed by atoms with Gasteiger partial charge in [0.05, 0.1) is 5.69 Å². The van der Waals surface area contributed by atoms with E-state index in [1.165, 1.54) is 4.90 Å². The molecule has 1 heterocycles. The number of hydrogen-bond acceptors (Lipinski definition) is 3. The van der Waals surface area contributed by atoms with Crippen LogP contribution in [0.3, 0.4) is 0 Å². The van der Waals surface area contributed by atoms with E-state index in [0.717, 1.165) is 5.56 Å². The Bertz CT molecular complexity index is 471. The van der Waals surface area contributed by atoms with Gasteiger partial charge in [0.25, 0.3) is 0 Å². The zero-order valence-corrected chi connectivity index (χ0v) is 9.58. The highest BCUT2D eigenvalue weighted by atomic mass is 16.6. The topological polar surface area (TPSA) is 66.8 Å². The predicted octanol–water partition coefficient (Wildman–Crippen LogP) is 1.79. The largest absolute Gasteiger partial charge is 0.480 e. The number of rotatable bonds is 2. The van der Waals surface area contributed by atoms with Crippen LogP contribution in [0.2, 0.25) is 0 Å². The van der Waals surface area contributed by atoms with Crippen molar-refractivity contribution in [2.45, 2.75) is 26.0 Å². The van der Waals surface area contributed by atoms with E-state index >= 15 is 0 Å². The normalized spacial score (nSPS) is 23.6. The Morgan fingerprint density at radius 3 is 2.65 bits per heavy atom. The molecule has 5 nitrogen and oxygen atoms in total. The molecule has 1 aromatic rings. The lowest BCUT2D eigenvalue weighted by Gasteiger charge is -2.21. The number of carboxylic acids is 1. The second-order valence-corrected chi connectivity index (χ2v) is 4.03. The fourth-order valence-electron chi connectivity index (χ4n) is 2.00. The van der Waals surface area contributed by atoms with Gasteiger partial charge >= 0.3 is 12.1 Å². The summed E-state index contributed by atoms with van der Waals surface area (Å²) in [6, 6.07) is 6.16. The number of para-hydroxylation sites is 1. The predicted molar refractivity (Wildman–Crippen MR) is 61.0 cm³/mol. The average molecular weight is 235 g/mol. The average Bonchev–Trinajstić information content (AvgIpc) is 2.54. The molecule has 90 valence electrons. The summed E-state index contributed by atoms with van der Waals surface area (Å²) >= 11 is 0. The summed E-state index contributed by atoms with van der Waals surface area (Å²) in [6.07, 6.45) is -1.26. The van der Waals surface area contributed by atoms with E-state index in [1.807, 2.05) is 19.1 Å². The summed E-state index contributed by atoms with van der Waals surface area (Å²) in [6.45, 7) is 3.40. The Morgan fingerprint density at radius 1 is 1.41 bits per heavy atom. The minimum atomic E-state index is -1.06. The summed E-state index contributed by atoms with van der Waals surface area (Å²) < 4.78 is 4.96. The third kappa shape index (κ3) is 1.84. The number of nitrogens with zero attached hydrogens (tertiary/aromatic N) is 1. The van der Waals surface area contributed by atoms with E-state index in [4.69, 9.17) is 9.84 Å². The van der Waals surface area contributed by atoms with E-state index in [9.17, 15) is 9.59 Å². The van der Waals surface area contributed by atoms with Crippen LogP contribution in [-0.2, 0) is 9.53 Å². The fourth-order valence-corrected chi connectivity index (χ4v) is 2.00. The highest BCUT2D eigenvalue weighted by Gasteiger charge is 2.45. The van der Waals surface area contributed by atoms with Crippen LogP contribution < -0.4 is 4.90 Å². The Morgan fingerprint density at radius 2 is 2.06 bits per heavy atom. The van der Waals surface area contributed by atoms with Gasteiger partial charge in [-0.25, -0.2) is 9.59 Å². The maximum atomic E-state index is 11.7. The summed E-state index contributed by atoms with van der Waals surface area (Å²) in [4.78, 5) is 24.1. The molecule has 2 atom stereocenters. The van der Waals surface area contributed by atoms with Crippen molar-refractivity contribution in [3.63, 3.8) is 0 Å². The molecule has 1 fully saturated rings. The molecule has 1 amide bonds. The van der Waals surface area contributed by atoms with Crippen LogP contribution in [0.4, 0.5) is 10.5 Å². The van der Waals surface area contributed by atoms with Gasteiger partial charge in [0.1, 0.15) is 6.10 Å². The first kappa shape index (κ1) is 11.4. The molecule has 1 N–H and O–H groups in total. The van der Waals surface area contributed by atoms with E-state index < -0.39 is 24.2 Å².